The Labute approximate surface area is 86.6 Å². The van der Waals surface area contributed by atoms with E-state index in [0.29, 0.717) is 25.4 Å². The largest absolute Gasteiger partial charge is 0.356 e. The van der Waals surface area contributed by atoms with Crippen molar-refractivity contribution >= 4 is 5.91 Å². The van der Waals surface area contributed by atoms with E-state index in [2.05, 4.69) is 36.3 Å². The molecule has 0 fully saturated rings. The zero-order valence-corrected chi connectivity index (χ0v) is 9.31. The second-order valence-electron chi connectivity index (χ2n) is 3.55. The Morgan fingerprint density at radius 1 is 1.43 bits per heavy atom. The lowest BCUT2D eigenvalue weighted by atomic mass is 10.2. The summed E-state index contributed by atoms with van der Waals surface area (Å²) in [6, 6.07) is 0. The first-order valence-corrected chi connectivity index (χ1v) is 5.03. The first-order valence-electron chi connectivity index (χ1n) is 5.03. The van der Waals surface area contributed by atoms with Crippen molar-refractivity contribution in [1.29, 1.82) is 0 Å². The Morgan fingerprint density at radius 3 is 2.71 bits per heavy atom. The highest BCUT2D eigenvalue weighted by molar-refractivity contribution is 5.76. The third-order valence-electron chi connectivity index (χ3n) is 1.63. The van der Waals surface area contributed by atoms with Crippen LogP contribution in [0.1, 0.15) is 27.2 Å². The molecule has 0 rings (SSSR count). The molecule has 0 aromatic carbocycles. The number of hydrogen-bond donors (Lipinski definition) is 2. The van der Waals surface area contributed by atoms with Gasteiger partial charge in [0.25, 0.3) is 0 Å². The quantitative estimate of drug-likeness (QED) is 0.486. The molecule has 0 aromatic heterocycles. The second-order valence-corrected chi connectivity index (χ2v) is 3.55. The lowest BCUT2D eigenvalue weighted by Gasteiger charge is -2.07. The molecule has 0 aliphatic heterocycles. The summed E-state index contributed by atoms with van der Waals surface area (Å²) in [4.78, 5) is 11.2. The lowest BCUT2D eigenvalue weighted by Crippen LogP contribution is -2.30. The summed E-state index contributed by atoms with van der Waals surface area (Å²) in [7, 11) is 0. The highest BCUT2D eigenvalue weighted by Gasteiger charge is 2.00. The molecule has 0 aliphatic carbocycles. The topological polar surface area (TPSA) is 41.1 Å². The van der Waals surface area contributed by atoms with Crippen LogP contribution < -0.4 is 10.6 Å². The third kappa shape index (κ3) is 9.08. The van der Waals surface area contributed by atoms with Gasteiger partial charge >= 0.3 is 0 Å². The number of amides is 1. The van der Waals surface area contributed by atoms with Crippen LogP contribution in [0.4, 0.5) is 0 Å². The monoisotopic (exact) mass is 196 g/mol. The average Bonchev–Trinajstić information content (AvgIpc) is 2.14. The Balaban J connectivity index is 3.30. The summed E-state index contributed by atoms with van der Waals surface area (Å²) in [5.41, 5.74) is 0. The Bertz CT molecular complexity index is 213. The number of rotatable bonds is 6. The molecule has 0 bridgehead atoms. The molecular formula is C11H20N2O. The van der Waals surface area contributed by atoms with Crippen LogP contribution in [-0.4, -0.2) is 25.5 Å². The van der Waals surface area contributed by atoms with Crippen LogP contribution in [0.15, 0.2) is 0 Å². The number of nitrogens with one attached hydrogen (secondary N) is 2. The molecule has 3 nitrogen and oxygen atoms in total. The van der Waals surface area contributed by atoms with Gasteiger partial charge in [0.05, 0.1) is 6.54 Å². The van der Waals surface area contributed by atoms with E-state index in [9.17, 15) is 4.79 Å². The van der Waals surface area contributed by atoms with E-state index in [4.69, 9.17) is 0 Å². The molecule has 0 unspecified atom stereocenters. The number of carbonyl (C=O) groups is 1. The second kappa shape index (κ2) is 8.58. The van der Waals surface area contributed by atoms with E-state index in [1.807, 2.05) is 0 Å². The van der Waals surface area contributed by atoms with Crippen molar-refractivity contribution in [2.24, 2.45) is 5.92 Å². The molecule has 0 heterocycles. The van der Waals surface area contributed by atoms with Crippen LogP contribution in [0.5, 0.6) is 0 Å². The average molecular weight is 196 g/mol. The van der Waals surface area contributed by atoms with Crippen molar-refractivity contribution in [1.82, 2.24) is 10.6 Å². The molecule has 0 atom stereocenters. The van der Waals surface area contributed by atoms with Gasteiger partial charge < -0.3 is 10.6 Å². The highest BCUT2D eigenvalue weighted by atomic mass is 16.1. The third-order valence-corrected chi connectivity index (χ3v) is 1.63. The van der Waals surface area contributed by atoms with Gasteiger partial charge in [-0.05, 0) is 12.8 Å². The molecule has 2 N–H and O–H groups in total. The normalized spacial score (nSPS) is 9.43. The van der Waals surface area contributed by atoms with Gasteiger partial charge in [0.2, 0.25) is 5.91 Å². The summed E-state index contributed by atoms with van der Waals surface area (Å²) in [6.07, 6.45) is 0.526. The maximum atomic E-state index is 11.2. The Morgan fingerprint density at radius 2 is 2.14 bits per heavy atom. The molecule has 0 saturated carbocycles. The van der Waals surface area contributed by atoms with Gasteiger partial charge in [-0.3, -0.25) is 4.79 Å². The molecule has 0 spiro atoms. The Hall–Kier alpha value is -1.01. The van der Waals surface area contributed by atoms with Crippen molar-refractivity contribution < 1.29 is 4.79 Å². The van der Waals surface area contributed by atoms with E-state index < -0.39 is 0 Å². The van der Waals surface area contributed by atoms with Gasteiger partial charge in [0.1, 0.15) is 0 Å². The number of hydrogen-bond acceptors (Lipinski definition) is 2. The van der Waals surface area contributed by atoms with Crippen molar-refractivity contribution in [3.63, 3.8) is 0 Å². The van der Waals surface area contributed by atoms with Crippen molar-refractivity contribution in [2.45, 2.75) is 27.2 Å². The predicted molar refractivity (Wildman–Crippen MR) is 58.8 cm³/mol. The van der Waals surface area contributed by atoms with Gasteiger partial charge in [0, 0.05) is 19.5 Å². The van der Waals surface area contributed by atoms with Crippen LogP contribution in [0.2, 0.25) is 0 Å². The lowest BCUT2D eigenvalue weighted by molar-refractivity contribution is -0.121. The van der Waals surface area contributed by atoms with Gasteiger partial charge in [-0.25, -0.2) is 0 Å². The molecule has 0 saturated heterocycles. The van der Waals surface area contributed by atoms with Crippen LogP contribution in [0.3, 0.4) is 0 Å². The van der Waals surface area contributed by atoms with E-state index in [1.165, 1.54) is 0 Å². The molecule has 14 heavy (non-hydrogen) atoms. The summed E-state index contributed by atoms with van der Waals surface area (Å²) >= 11 is 0. The summed E-state index contributed by atoms with van der Waals surface area (Å²) in [5.74, 6) is 6.28. The number of carbonyl (C=O) groups excluding carboxylic acids is 1. The smallest absolute Gasteiger partial charge is 0.221 e. The standard InChI is InChI=1S/C11H20N2O/c1-4-5-7-12-8-6-11(14)13-9-10(2)3/h10,12H,6-9H2,1-3H3,(H,13,14). The van der Waals surface area contributed by atoms with E-state index in [-0.39, 0.29) is 5.91 Å². The first kappa shape index (κ1) is 13.0. The molecule has 1 amide bonds. The van der Waals surface area contributed by atoms with Gasteiger partial charge in [-0.1, -0.05) is 19.8 Å². The zero-order valence-electron chi connectivity index (χ0n) is 9.31. The molecule has 0 aliphatic rings. The van der Waals surface area contributed by atoms with Crippen LogP contribution in [0.25, 0.3) is 0 Å². The molecule has 0 aromatic rings. The molecule has 80 valence electrons. The maximum Gasteiger partial charge on any atom is 0.221 e. The van der Waals surface area contributed by atoms with E-state index in [0.717, 1.165) is 6.54 Å². The minimum Gasteiger partial charge on any atom is -0.356 e. The zero-order chi connectivity index (χ0) is 10.8. The molecule has 0 radical (unpaired) electrons. The first-order chi connectivity index (χ1) is 6.66. The fourth-order valence-corrected chi connectivity index (χ4v) is 0.848. The molecular weight excluding hydrogens is 176 g/mol. The van der Waals surface area contributed by atoms with E-state index >= 15 is 0 Å². The fraction of sp³-hybridized carbons (Fsp3) is 0.727. The Kier molecular flexibility index (Phi) is 7.96. The highest BCUT2D eigenvalue weighted by Crippen LogP contribution is 1.87. The van der Waals surface area contributed by atoms with Crippen LogP contribution in [-0.2, 0) is 4.79 Å². The van der Waals surface area contributed by atoms with Gasteiger partial charge in [0.15, 0.2) is 0 Å². The minimum absolute atomic E-state index is 0.107. The van der Waals surface area contributed by atoms with Crippen molar-refractivity contribution in [3.8, 4) is 11.8 Å². The predicted octanol–water partition coefficient (Wildman–Crippen LogP) is 0.762. The van der Waals surface area contributed by atoms with Crippen molar-refractivity contribution in [2.75, 3.05) is 19.6 Å². The maximum absolute atomic E-state index is 11.2. The van der Waals surface area contributed by atoms with Crippen molar-refractivity contribution in [3.05, 3.63) is 0 Å². The van der Waals surface area contributed by atoms with Crippen LogP contribution in [0, 0.1) is 17.8 Å². The minimum atomic E-state index is 0.107. The summed E-state index contributed by atoms with van der Waals surface area (Å²) < 4.78 is 0. The van der Waals surface area contributed by atoms with Crippen LogP contribution >= 0.6 is 0 Å². The molecule has 3 heteroatoms. The summed E-state index contributed by atoms with van der Waals surface area (Å²) in [5, 5.41) is 5.93. The SMILES string of the molecule is CC#CCNCCC(=O)NCC(C)C. The van der Waals surface area contributed by atoms with Gasteiger partial charge in [-0.2, -0.15) is 0 Å². The summed E-state index contributed by atoms with van der Waals surface area (Å²) in [6.45, 7) is 8.07. The fourth-order valence-electron chi connectivity index (χ4n) is 0.848. The van der Waals surface area contributed by atoms with E-state index in [1.54, 1.807) is 6.92 Å². The van der Waals surface area contributed by atoms with Gasteiger partial charge in [-0.15, -0.1) is 5.92 Å².